The van der Waals surface area contributed by atoms with Gasteiger partial charge >= 0.3 is 0 Å². The molecule has 0 radical (unpaired) electrons. The van der Waals surface area contributed by atoms with E-state index in [1.807, 2.05) is 24.3 Å². The second-order valence-corrected chi connectivity index (χ2v) is 3.07. The van der Waals surface area contributed by atoms with Crippen LogP contribution in [-0.2, 0) is 11.3 Å². The van der Waals surface area contributed by atoms with E-state index in [0.717, 1.165) is 11.1 Å². The molecule has 0 aromatic heterocycles. The molecule has 0 saturated carbocycles. The molecule has 3 nitrogen and oxygen atoms in total. The summed E-state index contributed by atoms with van der Waals surface area (Å²) in [6, 6.07) is 7.75. The van der Waals surface area contributed by atoms with Crippen LogP contribution in [0.25, 0.3) is 0 Å². The molecule has 1 amide bonds. The van der Waals surface area contributed by atoms with Crippen LogP contribution >= 0.6 is 0 Å². The average Bonchev–Trinajstić information content (AvgIpc) is 2.17. The first-order valence-electron chi connectivity index (χ1n) is 4.16. The van der Waals surface area contributed by atoms with Gasteiger partial charge in [0.2, 0.25) is 5.91 Å². The van der Waals surface area contributed by atoms with Gasteiger partial charge in [0.1, 0.15) is 0 Å². The molecule has 0 aliphatic carbocycles. The number of hydrogen-bond acceptors (Lipinski definition) is 2. The predicted molar refractivity (Wildman–Crippen MR) is 50.6 cm³/mol. The van der Waals surface area contributed by atoms with Crippen molar-refractivity contribution in [2.75, 3.05) is 0 Å². The van der Waals surface area contributed by atoms with Crippen molar-refractivity contribution in [2.45, 2.75) is 12.5 Å². The Balaban J connectivity index is 2.48. The zero-order valence-corrected chi connectivity index (χ0v) is 7.10. The fourth-order valence-electron chi connectivity index (χ4n) is 1.55. The first-order valence-corrected chi connectivity index (χ1v) is 4.16. The molecule has 1 aliphatic heterocycles. The Morgan fingerprint density at radius 2 is 2.23 bits per heavy atom. The lowest BCUT2D eigenvalue weighted by Gasteiger charge is -2.16. The van der Waals surface area contributed by atoms with Gasteiger partial charge in [-0.3, -0.25) is 9.79 Å². The molecule has 0 saturated heterocycles. The van der Waals surface area contributed by atoms with Crippen LogP contribution in [0.3, 0.4) is 0 Å². The highest BCUT2D eigenvalue weighted by atomic mass is 16.1. The highest BCUT2D eigenvalue weighted by molar-refractivity contribution is 5.99. The van der Waals surface area contributed by atoms with Crippen LogP contribution in [0.2, 0.25) is 0 Å². The normalized spacial score (nSPS) is 19.5. The summed E-state index contributed by atoms with van der Waals surface area (Å²) in [4.78, 5) is 15.1. The molecular weight excluding hydrogens is 164 g/mol. The van der Waals surface area contributed by atoms with Crippen molar-refractivity contribution < 1.29 is 4.79 Å². The summed E-state index contributed by atoms with van der Waals surface area (Å²) in [6.07, 6.45) is 1.63. The molecule has 0 spiro atoms. The number of nitrogens with two attached hydrogens (primary N) is 1. The Hall–Kier alpha value is -1.64. The number of amides is 1. The van der Waals surface area contributed by atoms with Gasteiger partial charge < -0.3 is 5.73 Å². The highest BCUT2D eigenvalue weighted by Crippen LogP contribution is 2.22. The number of rotatable bonds is 1. The van der Waals surface area contributed by atoms with Crippen molar-refractivity contribution >= 4 is 12.1 Å². The molecule has 1 aromatic carbocycles. The van der Waals surface area contributed by atoms with Crippen molar-refractivity contribution in [3.8, 4) is 0 Å². The number of aliphatic imine (C=N–C) groups is 1. The molecule has 2 N–H and O–H groups in total. The Kier molecular flexibility index (Phi) is 1.85. The minimum atomic E-state index is -0.343. The molecule has 66 valence electrons. The molecule has 1 atom stereocenters. The minimum absolute atomic E-state index is 0.337. The van der Waals surface area contributed by atoms with E-state index in [1.54, 1.807) is 6.21 Å². The molecule has 1 aliphatic rings. The van der Waals surface area contributed by atoms with Crippen LogP contribution in [-0.4, -0.2) is 12.1 Å². The van der Waals surface area contributed by atoms with Crippen LogP contribution in [0.5, 0.6) is 0 Å². The monoisotopic (exact) mass is 174 g/mol. The molecule has 3 heteroatoms. The van der Waals surface area contributed by atoms with Crippen LogP contribution in [0.15, 0.2) is 29.3 Å². The zero-order valence-electron chi connectivity index (χ0n) is 7.10. The molecule has 2 rings (SSSR count). The van der Waals surface area contributed by atoms with Gasteiger partial charge in [0.15, 0.2) is 0 Å². The quantitative estimate of drug-likeness (QED) is 0.673. The lowest BCUT2D eigenvalue weighted by Crippen LogP contribution is -2.25. The van der Waals surface area contributed by atoms with Crippen molar-refractivity contribution in [1.29, 1.82) is 0 Å². The number of benzene rings is 1. The summed E-state index contributed by atoms with van der Waals surface area (Å²) >= 11 is 0. The van der Waals surface area contributed by atoms with Crippen LogP contribution in [0.4, 0.5) is 0 Å². The fourth-order valence-corrected chi connectivity index (χ4v) is 1.55. The van der Waals surface area contributed by atoms with Gasteiger partial charge in [-0.1, -0.05) is 24.3 Å². The second-order valence-electron chi connectivity index (χ2n) is 3.07. The van der Waals surface area contributed by atoms with Crippen molar-refractivity contribution in [1.82, 2.24) is 0 Å². The number of primary amides is 1. The maximum atomic E-state index is 11.0. The minimum Gasteiger partial charge on any atom is -0.369 e. The molecular formula is C10H10N2O. The Morgan fingerprint density at radius 1 is 1.46 bits per heavy atom. The van der Waals surface area contributed by atoms with E-state index in [0.29, 0.717) is 6.54 Å². The Labute approximate surface area is 76.3 Å². The van der Waals surface area contributed by atoms with E-state index in [-0.39, 0.29) is 11.8 Å². The third kappa shape index (κ3) is 1.33. The predicted octanol–water partition coefficient (Wildman–Crippen LogP) is 0.840. The van der Waals surface area contributed by atoms with E-state index >= 15 is 0 Å². The first-order chi connectivity index (χ1) is 6.29. The molecule has 13 heavy (non-hydrogen) atoms. The molecule has 1 unspecified atom stereocenters. The second kappa shape index (κ2) is 3.01. The van der Waals surface area contributed by atoms with Crippen molar-refractivity contribution in [3.63, 3.8) is 0 Å². The maximum absolute atomic E-state index is 11.0. The van der Waals surface area contributed by atoms with E-state index in [2.05, 4.69) is 4.99 Å². The van der Waals surface area contributed by atoms with Gasteiger partial charge in [0.25, 0.3) is 0 Å². The highest BCUT2D eigenvalue weighted by Gasteiger charge is 2.20. The van der Waals surface area contributed by atoms with Gasteiger partial charge in [0, 0.05) is 6.21 Å². The molecule has 1 aromatic rings. The van der Waals surface area contributed by atoms with Crippen molar-refractivity contribution in [3.05, 3.63) is 35.4 Å². The number of carbonyl (C=O) groups excluding carboxylic acids is 1. The van der Waals surface area contributed by atoms with Gasteiger partial charge in [-0.25, -0.2) is 0 Å². The van der Waals surface area contributed by atoms with E-state index in [9.17, 15) is 4.79 Å². The number of carbonyl (C=O) groups is 1. The summed E-state index contributed by atoms with van der Waals surface area (Å²) in [7, 11) is 0. The summed E-state index contributed by atoms with van der Waals surface area (Å²) < 4.78 is 0. The summed E-state index contributed by atoms with van der Waals surface area (Å²) in [5.74, 6) is -0.680. The SMILES string of the molecule is NC(=O)C1C=NCc2ccccc21. The third-order valence-corrected chi connectivity index (χ3v) is 2.21. The van der Waals surface area contributed by atoms with E-state index in [4.69, 9.17) is 5.73 Å². The lowest BCUT2D eigenvalue weighted by molar-refractivity contribution is -0.118. The summed E-state index contributed by atoms with van der Waals surface area (Å²) in [5, 5.41) is 0. The standard InChI is InChI=1S/C10H10N2O/c11-10(13)9-6-12-5-7-3-1-2-4-8(7)9/h1-4,6,9H,5H2,(H2,11,13). The number of fused-ring (bicyclic) bond motifs is 1. The smallest absolute Gasteiger partial charge is 0.230 e. The van der Waals surface area contributed by atoms with Gasteiger partial charge in [-0.05, 0) is 11.1 Å². The summed E-state index contributed by atoms with van der Waals surface area (Å²) in [6.45, 7) is 0.653. The Bertz CT molecular complexity index is 371. The lowest BCUT2D eigenvalue weighted by atomic mass is 9.92. The van der Waals surface area contributed by atoms with Crippen molar-refractivity contribution in [2.24, 2.45) is 10.7 Å². The number of hydrogen-bond donors (Lipinski definition) is 1. The zero-order chi connectivity index (χ0) is 9.26. The van der Waals surface area contributed by atoms with Crippen LogP contribution in [0.1, 0.15) is 17.0 Å². The number of nitrogens with zero attached hydrogens (tertiary/aromatic N) is 1. The van der Waals surface area contributed by atoms with Gasteiger partial charge in [0.05, 0.1) is 12.5 Å². The molecule has 0 fully saturated rings. The fraction of sp³-hybridized carbons (Fsp3) is 0.200. The maximum Gasteiger partial charge on any atom is 0.230 e. The average molecular weight is 174 g/mol. The largest absolute Gasteiger partial charge is 0.369 e. The van der Waals surface area contributed by atoms with E-state index in [1.165, 1.54) is 0 Å². The first kappa shape index (κ1) is 7.98. The topological polar surface area (TPSA) is 55.5 Å². The molecule has 0 bridgehead atoms. The van der Waals surface area contributed by atoms with Gasteiger partial charge in [-0.2, -0.15) is 0 Å². The van der Waals surface area contributed by atoms with Gasteiger partial charge in [-0.15, -0.1) is 0 Å². The third-order valence-electron chi connectivity index (χ3n) is 2.21. The van der Waals surface area contributed by atoms with Crippen LogP contribution in [0, 0.1) is 0 Å². The van der Waals surface area contributed by atoms with Crippen LogP contribution < -0.4 is 5.73 Å². The molecule has 1 heterocycles. The van der Waals surface area contributed by atoms with E-state index < -0.39 is 0 Å². The Morgan fingerprint density at radius 3 is 3.00 bits per heavy atom. The summed E-state index contributed by atoms with van der Waals surface area (Å²) in [5.41, 5.74) is 7.33.